The molecule has 1 fully saturated rings. The molecule has 2 aromatic heterocycles. The maximum absolute atomic E-state index is 12.6. The second kappa shape index (κ2) is 6.80. The normalized spacial score (nSPS) is 17.3. The third-order valence-corrected chi connectivity index (χ3v) is 5.43. The summed E-state index contributed by atoms with van der Waals surface area (Å²) < 4.78 is 0. The number of rotatable bonds is 4. The topological polar surface area (TPSA) is 77.2 Å². The zero-order valence-electron chi connectivity index (χ0n) is 14.6. The SMILES string of the molecule is Cc1n[nH]c(C)c1C1CCCN1C(=O)NCc1csc(N(C)C)n1. The Hall–Kier alpha value is -2.09. The zero-order chi connectivity index (χ0) is 17.3. The smallest absolute Gasteiger partial charge is 0.318 e. The highest BCUT2D eigenvalue weighted by atomic mass is 32.1. The number of thiazole rings is 1. The van der Waals surface area contributed by atoms with Crippen LogP contribution in [0, 0.1) is 13.8 Å². The van der Waals surface area contributed by atoms with E-state index in [4.69, 9.17) is 0 Å². The number of carbonyl (C=O) groups excluding carboxylic acids is 1. The average molecular weight is 348 g/mol. The lowest BCUT2D eigenvalue weighted by molar-refractivity contribution is 0.192. The highest BCUT2D eigenvalue weighted by molar-refractivity contribution is 7.13. The monoisotopic (exact) mass is 348 g/mol. The molecule has 3 rings (SSSR count). The molecule has 24 heavy (non-hydrogen) atoms. The van der Waals surface area contributed by atoms with Crippen LogP contribution in [0.5, 0.6) is 0 Å². The molecule has 0 radical (unpaired) electrons. The van der Waals surface area contributed by atoms with E-state index >= 15 is 0 Å². The molecule has 0 aliphatic carbocycles. The van der Waals surface area contributed by atoms with Crippen molar-refractivity contribution in [2.24, 2.45) is 0 Å². The zero-order valence-corrected chi connectivity index (χ0v) is 15.4. The third-order valence-electron chi connectivity index (χ3n) is 4.37. The summed E-state index contributed by atoms with van der Waals surface area (Å²) in [5.74, 6) is 0. The molecule has 0 aromatic carbocycles. The Kier molecular flexibility index (Phi) is 4.75. The van der Waals surface area contributed by atoms with E-state index in [1.165, 1.54) is 0 Å². The number of carbonyl (C=O) groups is 1. The van der Waals surface area contributed by atoms with Crippen LogP contribution in [-0.2, 0) is 6.54 Å². The minimum atomic E-state index is -0.0306. The van der Waals surface area contributed by atoms with Crippen molar-refractivity contribution in [1.29, 1.82) is 0 Å². The van der Waals surface area contributed by atoms with Gasteiger partial charge in [0.1, 0.15) is 0 Å². The Balaban J connectivity index is 1.65. The van der Waals surface area contributed by atoms with Gasteiger partial charge in [0.05, 0.1) is 24.0 Å². The fourth-order valence-electron chi connectivity index (χ4n) is 3.21. The van der Waals surface area contributed by atoms with Crippen molar-refractivity contribution in [3.05, 3.63) is 28.0 Å². The number of aryl methyl sites for hydroxylation is 2. The quantitative estimate of drug-likeness (QED) is 0.890. The molecule has 2 amide bonds. The van der Waals surface area contributed by atoms with Gasteiger partial charge in [0.15, 0.2) is 5.13 Å². The molecule has 0 spiro atoms. The van der Waals surface area contributed by atoms with E-state index in [-0.39, 0.29) is 12.1 Å². The predicted molar refractivity (Wildman–Crippen MR) is 95.4 cm³/mol. The van der Waals surface area contributed by atoms with E-state index < -0.39 is 0 Å². The van der Waals surface area contributed by atoms with Gasteiger partial charge in [0, 0.05) is 37.3 Å². The van der Waals surface area contributed by atoms with E-state index in [9.17, 15) is 4.79 Å². The number of amides is 2. The molecule has 1 atom stereocenters. The molecule has 1 aliphatic rings. The highest BCUT2D eigenvalue weighted by Crippen LogP contribution is 2.34. The first-order chi connectivity index (χ1) is 11.5. The number of hydrogen-bond acceptors (Lipinski definition) is 5. The third kappa shape index (κ3) is 3.24. The minimum absolute atomic E-state index is 0.0306. The number of aromatic nitrogens is 3. The van der Waals surface area contributed by atoms with Gasteiger partial charge in [-0.2, -0.15) is 5.10 Å². The van der Waals surface area contributed by atoms with Crippen LogP contribution >= 0.6 is 11.3 Å². The Morgan fingerprint density at radius 2 is 2.29 bits per heavy atom. The standard InChI is InChI=1S/C16H24N6OS/c1-10-14(11(2)20-19-10)13-6-5-7-22(13)15(23)17-8-12-9-24-16(18-12)21(3)4/h9,13H,5-8H2,1-4H3,(H,17,23)(H,19,20). The molecule has 7 nitrogen and oxygen atoms in total. The van der Waals surface area contributed by atoms with Crippen LogP contribution in [0.15, 0.2) is 5.38 Å². The van der Waals surface area contributed by atoms with Gasteiger partial charge in [-0.3, -0.25) is 5.10 Å². The summed E-state index contributed by atoms with van der Waals surface area (Å²) in [4.78, 5) is 21.0. The fourth-order valence-corrected chi connectivity index (χ4v) is 3.97. The van der Waals surface area contributed by atoms with Gasteiger partial charge in [-0.15, -0.1) is 11.3 Å². The first-order valence-electron chi connectivity index (χ1n) is 8.15. The Labute approximate surface area is 146 Å². The van der Waals surface area contributed by atoms with Gasteiger partial charge in [0.25, 0.3) is 0 Å². The summed E-state index contributed by atoms with van der Waals surface area (Å²) >= 11 is 1.58. The van der Waals surface area contributed by atoms with Crippen molar-refractivity contribution in [2.45, 2.75) is 39.3 Å². The molecule has 2 aromatic rings. The van der Waals surface area contributed by atoms with Crippen LogP contribution in [0.25, 0.3) is 0 Å². The Morgan fingerprint density at radius 1 is 1.50 bits per heavy atom. The minimum Gasteiger partial charge on any atom is -0.354 e. The number of anilines is 1. The Morgan fingerprint density at radius 3 is 2.92 bits per heavy atom. The number of likely N-dealkylation sites (tertiary alicyclic amines) is 1. The Bertz CT molecular complexity index is 702. The molecule has 2 N–H and O–H groups in total. The van der Waals surface area contributed by atoms with Gasteiger partial charge < -0.3 is 15.1 Å². The highest BCUT2D eigenvalue weighted by Gasteiger charge is 2.32. The lowest BCUT2D eigenvalue weighted by Gasteiger charge is -2.25. The van der Waals surface area contributed by atoms with Crippen molar-refractivity contribution in [2.75, 3.05) is 25.5 Å². The number of urea groups is 1. The predicted octanol–water partition coefficient (Wildman–Crippen LogP) is 2.60. The van der Waals surface area contributed by atoms with Crippen molar-refractivity contribution < 1.29 is 4.79 Å². The van der Waals surface area contributed by atoms with Crippen molar-refractivity contribution in [3.8, 4) is 0 Å². The van der Waals surface area contributed by atoms with Crippen molar-refractivity contribution >= 4 is 22.5 Å². The number of H-pyrrole nitrogens is 1. The van der Waals surface area contributed by atoms with Gasteiger partial charge in [-0.1, -0.05) is 0 Å². The number of nitrogens with one attached hydrogen (secondary N) is 2. The summed E-state index contributed by atoms with van der Waals surface area (Å²) in [5.41, 5.74) is 4.08. The van der Waals surface area contributed by atoms with Crippen molar-refractivity contribution in [1.82, 2.24) is 25.4 Å². The first kappa shape index (κ1) is 16.8. The fraction of sp³-hybridized carbons (Fsp3) is 0.562. The maximum atomic E-state index is 12.6. The largest absolute Gasteiger partial charge is 0.354 e. The summed E-state index contributed by atoms with van der Waals surface area (Å²) in [5, 5.41) is 13.2. The van der Waals surface area contributed by atoms with E-state index in [1.54, 1.807) is 11.3 Å². The molecule has 130 valence electrons. The molecular formula is C16H24N6OS. The molecule has 1 aliphatic heterocycles. The molecule has 1 saturated heterocycles. The van der Waals surface area contributed by atoms with E-state index in [1.807, 2.05) is 43.1 Å². The molecule has 0 saturated carbocycles. The molecule has 3 heterocycles. The molecule has 1 unspecified atom stereocenters. The van der Waals surface area contributed by atoms with E-state index in [0.29, 0.717) is 6.54 Å². The van der Waals surface area contributed by atoms with Gasteiger partial charge in [-0.05, 0) is 26.7 Å². The number of nitrogens with zero attached hydrogens (tertiary/aromatic N) is 4. The lowest BCUT2D eigenvalue weighted by atomic mass is 10.0. The average Bonchev–Trinajstić information content (AvgIpc) is 3.25. The molecule has 8 heteroatoms. The summed E-state index contributed by atoms with van der Waals surface area (Å²) in [6, 6.07) is 0.0772. The summed E-state index contributed by atoms with van der Waals surface area (Å²) in [7, 11) is 3.93. The number of aromatic amines is 1. The van der Waals surface area contributed by atoms with Crippen LogP contribution in [0.2, 0.25) is 0 Å². The van der Waals surface area contributed by atoms with Crippen molar-refractivity contribution in [3.63, 3.8) is 0 Å². The van der Waals surface area contributed by atoms with Crippen LogP contribution in [0.1, 0.15) is 41.5 Å². The van der Waals surface area contributed by atoms with Crippen LogP contribution < -0.4 is 10.2 Å². The number of hydrogen-bond donors (Lipinski definition) is 2. The van der Waals surface area contributed by atoms with Gasteiger partial charge >= 0.3 is 6.03 Å². The summed E-state index contributed by atoms with van der Waals surface area (Å²) in [6.45, 7) is 5.24. The first-order valence-corrected chi connectivity index (χ1v) is 9.03. The van der Waals surface area contributed by atoms with Crippen LogP contribution in [-0.4, -0.2) is 46.8 Å². The lowest BCUT2D eigenvalue weighted by Crippen LogP contribution is -2.39. The maximum Gasteiger partial charge on any atom is 0.318 e. The molecular weight excluding hydrogens is 324 g/mol. The van der Waals surface area contributed by atoms with Gasteiger partial charge in [0.2, 0.25) is 0 Å². The van der Waals surface area contributed by atoms with Gasteiger partial charge in [-0.25, -0.2) is 9.78 Å². The van der Waals surface area contributed by atoms with E-state index in [0.717, 1.165) is 47.2 Å². The second-order valence-electron chi connectivity index (χ2n) is 6.37. The summed E-state index contributed by atoms with van der Waals surface area (Å²) in [6.07, 6.45) is 2.00. The second-order valence-corrected chi connectivity index (χ2v) is 7.21. The molecule has 0 bridgehead atoms. The van der Waals surface area contributed by atoms with Crippen LogP contribution in [0.3, 0.4) is 0 Å². The van der Waals surface area contributed by atoms with E-state index in [2.05, 4.69) is 20.5 Å². The van der Waals surface area contributed by atoms with Crippen LogP contribution in [0.4, 0.5) is 9.93 Å².